The summed E-state index contributed by atoms with van der Waals surface area (Å²) in [6.45, 7) is 2.19. The van der Waals surface area contributed by atoms with Gasteiger partial charge in [-0.1, -0.05) is 13.0 Å². The minimum Gasteiger partial charge on any atom is -0.497 e. The van der Waals surface area contributed by atoms with Gasteiger partial charge in [0, 0.05) is 0 Å². The minimum absolute atomic E-state index is 0.0927. The molecule has 0 amide bonds. The van der Waals surface area contributed by atoms with Crippen molar-refractivity contribution in [1.82, 2.24) is 0 Å². The summed E-state index contributed by atoms with van der Waals surface area (Å²) in [6.07, 6.45) is 4.09. The van der Waals surface area contributed by atoms with Crippen molar-refractivity contribution in [2.75, 3.05) is 7.11 Å². The van der Waals surface area contributed by atoms with Gasteiger partial charge in [0.25, 0.3) is 0 Å². The van der Waals surface area contributed by atoms with Gasteiger partial charge in [-0.25, -0.2) is 0 Å². The van der Waals surface area contributed by atoms with Crippen molar-refractivity contribution in [3.8, 4) is 5.75 Å². The third kappa shape index (κ3) is 1.88. The number of aryl methyl sites for hydroxylation is 1. The number of methoxy groups -OCH3 is 1. The number of rotatable bonds is 1. The average Bonchev–Trinajstić information content (AvgIpc) is 2.77. The molecule has 0 heterocycles. The van der Waals surface area contributed by atoms with Crippen LogP contribution in [0.4, 0.5) is 0 Å². The second-order valence-corrected chi connectivity index (χ2v) is 7.77. The topological polar surface area (TPSA) is 49.7 Å². The molecule has 0 aliphatic heterocycles. The lowest BCUT2D eigenvalue weighted by molar-refractivity contribution is -0.0505. The molecular formula is C19H26O3. The molecule has 4 rings (SSSR count). The van der Waals surface area contributed by atoms with Crippen LogP contribution in [-0.2, 0) is 6.42 Å². The molecule has 3 aliphatic rings. The van der Waals surface area contributed by atoms with E-state index in [9.17, 15) is 10.2 Å². The molecule has 2 N–H and O–H groups in total. The highest BCUT2D eigenvalue weighted by Gasteiger charge is 2.57. The van der Waals surface area contributed by atoms with Crippen LogP contribution in [0.2, 0.25) is 0 Å². The molecule has 0 bridgehead atoms. The first-order valence-electron chi connectivity index (χ1n) is 8.57. The fraction of sp³-hybridized carbons (Fsp3) is 0.684. The SMILES string of the molecule is COc1ccc2c(c1)CC[C@@H]1[C@@H]2CC[C@]2(C)[C@H](O)[C@@H](O)C[C@@H]12. The fourth-order valence-electron chi connectivity index (χ4n) is 5.67. The van der Waals surface area contributed by atoms with E-state index in [1.54, 1.807) is 7.11 Å². The average molecular weight is 302 g/mol. The smallest absolute Gasteiger partial charge is 0.119 e. The van der Waals surface area contributed by atoms with Gasteiger partial charge < -0.3 is 14.9 Å². The standard InChI is InChI=1S/C19H26O3/c1-19-8-7-14-13-6-4-12(22-2)9-11(13)3-5-15(14)16(19)10-17(20)18(19)21/h4,6,9,14-18,20-21H,3,5,7-8,10H2,1-2H3/t14-,15-,16+,17+,18-,19+/m1/s1. The predicted octanol–water partition coefficient (Wildman–Crippen LogP) is 2.88. The molecular weight excluding hydrogens is 276 g/mol. The molecule has 0 aromatic heterocycles. The van der Waals surface area contributed by atoms with Crippen molar-refractivity contribution in [2.45, 2.75) is 57.2 Å². The lowest BCUT2D eigenvalue weighted by Crippen LogP contribution is -2.44. The number of hydrogen-bond acceptors (Lipinski definition) is 3. The van der Waals surface area contributed by atoms with Gasteiger partial charge in [-0.15, -0.1) is 0 Å². The maximum atomic E-state index is 10.4. The van der Waals surface area contributed by atoms with Gasteiger partial charge in [-0.2, -0.15) is 0 Å². The molecule has 0 saturated heterocycles. The Bertz CT molecular complexity index is 584. The highest BCUT2D eigenvalue weighted by Crippen LogP contribution is 2.60. The van der Waals surface area contributed by atoms with E-state index >= 15 is 0 Å². The number of hydrogen-bond donors (Lipinski definition) is 2. The first-order valence-corrected chi connectivity index (χ1v) is 8.57. The summed E-state index contributed by atoms with van der Waals surface area (Å²) in [7, 11) is 1.72. The molecule has 2 fully saturated rings. The summed E-state index contributed by atoms with van der Waals surface area (Å²) in [4.78, 5) is 0. The number of benzene rings is 1. The zero-order valence-corrected chi connectivity index (χ0v) is 13.5. The number of ether oxygens (including phenoxy) is 1. The molecule has 1 aromatic carbocycles. The Balaban J connectivity index is 1.69. The van der Waals surface area contributed by atoms with E-state index in [4.69, 9.17) is 4.74 Å². The summed E-state index contributed by atoms with van der Waals surface area (Å²) < 4.78 is 5.36. The third-order valence-electron chi connectivity index (χ3n) is 6.91. The maximum absolute atomic E-state index is 10.4. The van der Waals surface area contributed by atoms with Gasteiger partial charge in [-0.3, -0.25) is 0 Å². The molecule has 0 radical (unpaired) electrons. The Labute approximate surface area is 132 Å². The summed E-state index contributed by atoms with van der Waals surface area (Å²) in [5, 5.41) is 20.6. The fourth-order valence-corrected chi connectivity index (χ4v) is 5.67. The quantitative estimate of drug-likeness (QED) is 0.838. The maximum Gasteiger partial charge on any atom is 0.119 e. The van der Waals surface area contributed by atoms with Crippen LogP contribution >= 0.6 is 0 Å². The van der Waals surface area contributed by atoms with Crippen molar-refractivity contribution in [3.63, 3.8) is 0 Å². The van der Waals surface area contributed by atoms with Crippen LogP contribution in [0.5, 0.6) is 5.75 Å². The van der Waals surface area contributed by atoms with Gasteiger partial charge in [0.15, 0.2) is 0 Å². The van der Waals surface area contributed by atoms with Gasteiger partial charge in [0.05, 0.1) is 19.3 Å². The van der Waals surface area contributed by atoms with Gasteiger partial charge in [-0.05, 0) is 78.5 Å². The van der Waals surface area contributed by atoms with E-state index in [0.717, 1.165) is 31.4 Å². The normalized spacial score (nSPS) is 43.2. The first-order chi connectivity index (χ1) is 10.5. The Hall–Kier alpha value is -1.06. The van der Waals surface area contributed by atoms with Crippen LogP contribution in [0, 0.1) is 17.3 Å². The van der Waals surface area contributed by atoms with Crippen molar-refractivity contribution in [2.24, 2.45) is 17.3 Å². The molecule has 3 heteroatoms. The second kappa shape index (κ2) is 4.97. The van der Waals surface area contributed by atoms with E-state index in [-0.39, 0.29) is 5.41 Å². The summed E-state index contributed by atoms with van der Waals surface area (Å²) in [6, 6.07) is 6.51. The van der Waals surface area contributed by atoms with Crippen LogP contribution in [0.3, 0.4) is 0 Å². The molecule has 3 nitrogen and oxygen atoms in total. The first kappa shape index (κ1) is 14.5. The monoisotopic (exact) mass is 302 g/mol. The second-order valence-electron chi connectivity index (χ2n) is 7.77. The predicted molar refractivity (Wildman–Crippen MR) is 85.0 cm³/mol. The molecule has 120 valence electrons. The van der Waals surface area contributed by atoms with Gasteiger partial charge in [0.1, 0.15) is 5.75 Å². The van der Waals surface area contributed by atoms with Crippen molar-refractivity contribution in [3.05, 3.63) is 29.3 Å². The van der Waals surface area contributed by atoms with Crippen LogP contribution < -0.4 is 4.74 Å². The molecule has 3 aliphatic carbocycles. The molecule has 1 aromatic rings. The molecule has 2 saturated carbocycles. The summed E-state index contributed by atoms with van der Waals surface area (Å²) in [5.74, 6) is 2.59. The molecule has 0 spiro atoms. The number of aliphatic hydroxyl groups is 2. The van der Waals surface area contributed by atoms with Gasteiger partial charge >= 0.3 is 0 Å². The highest BCUT2D eigenvalue weighted by molar-refractivity contribution is 5.40. The Morgan fingerprint density at radius 1 is 1.23 bits per heavy atom. The Morgan fingerprint density at radius 2 is 2.05 bits per heavy atom. The van der Waals surface area contributed by atoms with E-state index in [1.807, 2.05) is 0 Å². The molecule has 6 atom stereocenters. The lowest BCUT2D eigenvalue weighted by Gasteiger charge is -2.49. The third-order valence-corrected chi connectivity index (χ3v) is 6.91. The Kier molecular flexibility index (Phi) is 3.28. The van der Waals surface area contributed by atoms with Crippen LogP contribution in [0.1, 0.15) is 49.7 Å². The van der Waals surface area contributed by atoms with E-state index < -0.39 is 12.2 Å². The van der Waals surface area contributed by atoms with Crippen molar-refractivity contribution in [1.29, 1.82) is 0 Å². The molecule has 0 unspecified atom stereocenters. The molecule has 22 heavy (non-hydrogen) atoms. The lowest BCUT2D eigenvalue weighted by atomic mass is 9.55. The van der Waals surface area contributed by atoms with Crippen LogP contribution in [-0.4, -0.2) is 29.5 Å². The van der Waals surface area contributed by atoms with E-state index in [0.29, 0.717) is 17.8 Å². The largest absolute Gasteiger partial charge is 0.497 e. The van der Waals surface area contributed by atoms with Crippen molar-refractivity contribution < 1.29 is 14.9 Å². The van der Waals surface area contributed by atoms with Gasteiger partial charge in [0.2, 0.25) is 0 Å². The van der Waals surface area contributed by atoms with Crippen LogP contribution in [0.25, 0.3) is 0 Å². The zero-order valence-electron chi connectivity index (χ0n) is 13.5. The summed E-state index contributed by atoms with van der Waals surface area (Å²) >= 11 is 0. The summed E-state index contributed by atoms with van der Waals surface area (Å²) in [5.41, 5.74) is 2.82. The van der Waals surface area contributed by atoms with E-state index in [1.165, 1.54) is 17.5 Å². The Morgan fingerprint density at radius 3 is 2.82 bits per heavy atom. The highest BCUT2D eigenvalue weighted by atomic mass is 16.5. The van der Waals surface area contributed by atoms with Crippen molar-refractivity contribution >= 4 is 0 Å². The number of aliphatic hydroxyl groups excluding tert-OH is 2. The zero-order chi connectivity index (χ0) is 15.5. The number of fused-ring (bicyclic) bond motifs is 5. The van der Waals surface area contributed by atoms with Crippen LogP contribution in [0.15, 0.2) is 18.2 Å². The minimum atomic E-state index is -0.546. The van der Waals surface area contributed by atoms with E-state index in [2.05, 4.69) is 25.1 Å².